The van der Waals surface area contributed by atoms with Gasteiger partial charge in [0, 0.05) is 44.7 Å². The second-order valence-electron chi connectivity index (χ2n) is 10.4. The molecule has 184 valence electrons. The Hall–Kier alpha value is -1.93. The van der Waals surface area contributed by atoms with Gasteiger partial charge in [-0.3, -0.25) is 9.59 Å². The molecule has 0 radical (unpaired) electrons. The van der Waals surface area contributed by atoms with Crippen molar-refractivity contribution in [2.45, 2.75) is 64.7 Å². The van der Waals surface area contributed by atoms with E-state index >= 15 is 0 Å². The van der Waals surface area contributed by atoms with Crippen LogP contribution in [-0.4, -0.2) is 73.6 Å². The number of benzene rings is 1. The summed E-state index contributed by atoms with van der Waals surface area (Å²) in [6.07, 6.45) is 2.60. The van der Waals surface area contributed by atoms with Crippen molar-refractivity contribution >= 4 is 21.8 Å². The molecule has 2 saturated heterocycles. The molecule has 7 nitrogen and oxygen atoms in total. The number of hydrogen-bond donors (Lipinski definition) is 0. The van der Waals surface area contributed by atoms with Crippen LogP contribution in [0.3, 0.4) is 0 Å². The van der Waals surface area contributed by atoms with Gasteiger partial charge >= 0.3 is 0 Å². The summed E-state index contributed by atoms with van der Waals surface area (Å²) in [5, 5.41) is 0. The molecular weight excluding hydrogens is 438 g/mol. The lowest BCUT2D eigenvalue weighted by atomic mass is 9.90. The highest BCUT2D eigenvalue weighted by molar-refractivity contribution is 7.89. The van der Waals surface area contributed by atoms with E-state index in [1.165, 1.54) is 4.31 Å². The summed E-state index contributed by atoms with van der Waals surface area (Å²) in [5.41, 5.74) is 0.677. The van der Waals surface area contributed by atoms with Crippen LogP contribution >= 0.6 is 0 Å². The largest absolute Gasteiger partial charge is 0.341 e. The molecule has 0 saturated carbocycles. The first-order chi connectivity index (χ1) is 15.4. The highest BCUT2D eigenvalue weighted by Crippen LogP contribution is 2.26. The minimum absolute atomic E-state index is 0.0383. The van der Waals surface area contributed by atoms with Crippen molar-refractivity contribution in [2.24, 2.45) is 11.3 Å². The van der Waals surface area contributed by atoms with Crippen LogP contribution in [0.2, 0.25) is 0 Å². The summed E-state index contributed by atoms with van der Waals surface area (Å²) in [6.45, 7) is 12.4. The Kier molecular flexibility index (Phi) is 7.89. The minimum atomic E-state index is -3.58. The highest BCUT2D eigenvalue weighted by Gasteiger charge is 2.37. The Labute approximate surface area is 199 Å². The Morgan fingerprint density at radius 1 is 1.00 bits per heavy atom. The summed E-state index contributed by atoms with van der Waals surface area (Å²) in [7, 11) is -3.58. The normalized spacial score (nSPS) is 21.7. The fraction of sp³-hybridized carbons (Fsp3) is 0.680. The molecule has 2 heterocycles. The number of piperidine rings is 1. The van der Waals surface area contributed by atoms with Crippen LogP contribution in [0.25, 0.3) is 0 Å². The van der Waals surface area contributed by atoms with Gasteiger partial charge in [0.1, 0.15) is 0 Å². The second kappa shape index (κ2) is 10.1. The summed E-state index contributed by atoms with van der Waals surface area (Å²) in [5.74, 6) is 0.304. The quantitative estimate of drug-likeness (QED) is 0.652. The lowest BCUT2D eigenvalue weighted by molar-refractivity contribution is -0.145. The van der Waals surface area contributed by atoms with Gasteiger partial charge < -0.3 is 9.80 Å². The average molecular weight is 478 g/mol. The number of sulfonamides is 1. The van der Waals surface area contributed by atoms with Crippen LogP contribution in [0.1, 0.15) is 65.4 Å². The van der Waals surface area contributed by atoms with Crippen LogP contribution in [0.4, 0.5) is 0 Å². The standard InChI is InChI=1S/C25H39N3O4S/c1-6-19(2)20-9-11-22(12-10-20)33(31,32)28-16-14-26(15-17-28)23(29)21-8-7-13-27(18-21)24(30)25(3,4)5/h9-12,19,21H,6-8,13-18H2,1-5H3. The van der Waals surface area contributed by atoms with Crippen molar-refractivity contribution in [1.82, 2.24) is 14.1 Å². The molecule has 2 amide bonds. The van der Waals surface area contributed by atoms with Crippen molar-refractivity contribution in [3.8, 4) is 0 Å². The molecule has 0 bridgehead atoms. The number of rotatable bonds is 5. The zero-order valence-corrected chi connectivity index (χ0v) is 21.5. The molecule has 1 aromatic carbocycles. The van der Waals surface area contributed by atoms with Gasteiger partial charge in [-0.1, -0.05) is 46.8 Å². The van der Waals surface area contributed by atoms with Gasteiger partial charge in [0.2, 0.25) is 21.8 Å². The summed E-state index contributed by atoms with van der Waals surface area (Å²) in [6, 6.07) is 7.18. The predicted molar refractivity (Wildman–Crippen MR) is 129 cm³/mol. The third-order valence-electron chi connectivity index (χ3n) is 6.95. The van der Waals surface area contributed by atoms with Crippen LogP contribution in [-0.2, 0) is 19.6 Å². The van der Waals surface area contributed by atoms with Gasteiger partial charge in [0.15, 0.2) is 0 Å². The molecule has 2 fully saturated rings. The lowest BCUT2D eigenvalue weighted by Crippen LogP contribution is -2.54. The maximum atomic E-state index is 13.1. The molecule has 3 rings (SSSR count). The molecule has 2 aliphatic rings. The maximum Gasteiger partial charge on any atom is 0.243 e. The van der Waals surface area contributed by atoms with E-state index in [0.29, 0.717) is 50.1 Å². The van der Waals surface area contributed by atoms with E-state index in [9.17, 15) is 18.0 Å². The molecule has 2 aliphatic heterocycles. The number of hydrogen-bond acceptors (Lipinski definition) is 4. The number of carbonyl (C=O) groups is 2. The molecule has 2 atom stereocenters. The Balaban J connectivity index is 1.59. The number of nitrogens with zero attached hydrogens (tertiary/aromatic N) is 3. The van der Waals surface area contributed by atoms with E-state index < -0.39 is 15.4 Å². The van der Waals surface area contributed by atoms with E-state index in [4.69, 9.17) is 0 Å². The van der Waals surface area contributed by atoms with E-state index in [1.54, 1.807) is 17.0 Å². The van der Waals surface area contributed by atoms with Crippen molar-refractivity contribution in [2.75, 3.05) is 39.3 Å². The molecule has 0 aliphatic carbocycles. The fourth-order valence-corrected chi connectivity index (χ4v) is 6.02. The van der Waals surface area contributed by atoms with Gasteiger partial charge in [-0.2, -0.15) is 4.31 Å². The van der Waals surface area contributed by atoms with Crippen molar-refractivity contribution in [3.63, 3.8) is 0 Å². The van der Waals surface area contributed by atoms with Crippen LogP contribution in [0.5, 0.6) is 0 Å². The lowest BCUT2D eigenvalue weighted by Gasteiger charge is -2.40. The van der Waals surface area contributed by atoms with E-state index in [-0.39, 0.29) is 17.7 Å². The minimum Gasteiger partial charge on any atom is -0.341 e. The number of likely N-dealkylation sites (tertiary alicyclic amines) is 1. The second-order valence-corrected chi connectivity index (χ2v) is 12.4. The molecule has 0 spiro atoms. The van der Waals surface area contributed by atoms with Crippen molar-refractivity contribution < 1.29 is 18.0 Å². The Morgan fingerprint density at radius 2 is 1.61 bits per heavy atom. The predicted octanol–water partition coefficient (Wildman–Crippen LogP) is 3.32. The first-order valence-electron chi connectivity index (χ1n) is 12.1. The molecule has 33 heavy (non-hydrogen) atoms. The van der Waals surface area contributed by atoms with Gasteiger partial charge in [-0.25, -0.2) is 8.42 Å². The number of carbonyl (C=O) groups excluding carboxylic acids is 2. The van der Waals surface area contributed by atoms with Gasteiger partial charge in [-0.05, 0) is 42.9 Å². The van der Waals surface area contributed by atoms with Crippen molar-refractivity contribution in [1.29, 1.82) is 0 Å². The molecular formula is C25H39N3O4S. The Bertz CT molecular complexity index is 945. The topological polar surface area (TPSA) is 78.0 Å². The SMILES string of the molecule is CCC(C)c1ccc(S(=O)(=O)N2CCN(C(=O)C3CCCN(C(=O)C(C)(C)C)C3)CC2)cc1. The summed E-state index contributed by atoms with van der Waals surface area (Å²) in [4.78, 5) is 29.7. The monoisotopic (exact) mass is 477 g/mol. The Morgan fingerprint density at radius 3 is 2.15 bits per heavy atom. The van der Waals surface area contributed by atoms with Crippen LogP contribution in [0.15, 0.2) is 29.2 Å². The number of piperazine rings is 1. The van der Waals surface area contributed by atoms with Gasteiger partial charge in [-0.15, -0.1) is 0 Å². The number of amides is 2. The first-order valence-corrected chi connectivity index (χ1v) is 13.6. The molecule has 8 heteroatoms. The first kappa shape index (κ1) is 25.7. The van der Waals surface area contributed by atoms with Crippen molar-refractivity contribution in [3.05, 3.63) is 29.8 Å². The molecule has 0 N–H and O–H groups in total. The smallest absolute Gasteiger partial charge is 0.243 e. The molecule has 0 aromatic heterocycles. The molecule has 2 unspecified atom stereocenters. The van der Waals surface area contributed by atoms with Gasteiger partial charge in [0.25, 0.3) is 0 Å². The summed E-state index contributed by atoms with van der Waals surface area (Å²) < 4.78 is 27.7. The fourth-order valence-electron chi connectivity index (χ4n) is 4.60. The van der Waals surface area contributed by atoms with Gasteiger partial charge in [0.05, 0.1) is 10.8 Å². The highest BCUT2D eigenvalue weighted by atomic mass is 32.2. The third-order valence-corrected chi connectivity index (χ3v) is 8.86. The van der Waals surface area contributed by atoms with E-state index in [0.717, 1.165) is 24.8 Å². The third kappa shape index (κ3) is 5.77. The summed E-state index contributed by atoms with van der Waals surface area (Å²) >= 11 is 0. The van der Waals surface area contributed by atoms with Crippen LogP contribution in [0, 0.1) is 11.3 Å². The maximum absolute atomic E-state index is 13.1. The average Bonchev–Trinajstić information content (AvgIpc) is 2.82. The van der Waals surface area contributed by atoms with E-state index in [2.05, 4.69) is 13.8 Å². The van der Waals surface area contributed by atoms with Crippen LogP contribution < -0.4 is 0 Å². The zero-order valence-electron chi connectivity index (χ0n) is 20.7. The van der Waals surface area contributed by atoms with E-state index in [1.807, 2.05) is 37.8 Å². The zero-order chi connectivity index (χ0) is 24.4. The molecule has 1 aromatic rings.